The van der Waals surface area contributed by atoms with E-state index in [1.54, 1.807) is 60.4 Å². The zero-order valence-electron chi connectivity index (χ0n) is 21.7. The molecule has 3 atom stereocenters. The second kappa shape index (κ2) is 12.0. The van der Waals surface area contributed by atoms with Gasteiger partial charge in [-0.05, 0) is 50.1 Å². The zero-order chi connectivity index (χ0) is 28.1. The molecule has 39 heavy (non-hydrogen) atoms. The monoisotopic (exact) mass is 532 g/mol. The van der Waals surface area contributed by atoms with Crippen molar-refractivity contribution in [2.45, 2.75) is 44.7 Å². The highest BCUT2D eigenvalue weighted by Crippen LogP contribution is 2.32. The summed E-state index contributed by atoms with van der Waals surface area (Å²) in [6.45, 7) is 2.24. The molecule has 0 aliphatic carbocycles. The smallest absolute Gasteiger partial charge is 0.328 e. The summed E-state index contributed by atoms with van der Waals surface area (Å²) < 4.78 is 5.11. The summed E-state index contributed by atoms with van der Waals surface area (Å²) in [5.41, 5.74) is 14.3. The fourth-order valence-corrected chi connectivity index (χ4v) is 4.80. The molecule has 2 aromatic carbocycles. The highest BCUT2D eigenvalue weighted by Gasteiger charge is 2.35. The lowest BCUT2D eigenvalue weighted by Gasteiger charge is -2.19. The minimum atomic E-state index is -1.06. The Morgan fingerprint density at radius 3 is 2.56 bits per heavy atom. The third-order valence-corrected chi connectivity index (χ3v) is 6.91. The molecule has 1 saturated heterocycles. The number of Topliss-reactive ketones (excluding diaryl/α,β-unsaturated/α-hetero) is 1. The molecule has 2 aliphatic heterocycles. The van der Waals surface area contributed by atoms with Crippen LogP contribution in [0.4, 0.5) is 11.4 Å². The first-order valence-corrected chi connectivity index (χ1v) is 12.9. The minimum absolute atomic E-state index is 0.0143. The lowest BCUT2D eigenvalue weighted by Crippen LogP contribution is -2.46. The molecule has 2 heterocycles. The average molecular weight is 533 g/mol. The number of ketones is 1. The predicted molar refractivity (Wildman–Crippen MR) is 146 cm³/mol. The van der Waals surface area contributed by atoms with Crippen molar-refractivity contribution >= 4 is 46.5 Å². The number of nitrogen functional groups attached to an aromatic ring is 1. The van der Waals surface area contributed by atoms with Gasteiger partial charge >= 0.3 is 5.97 Å². The van der Waals surface area contributed by atoms with Crippen LogP contribution in [0.1, 0.15) is 49.8 Å². The van der Waals surface area contributed by atoms with Gasteiger partial charge < -0.3 is 26.4 Å². The molecule has 0 bridgehead atoms. The Morgan fingerprint density at radius 2 is 1.90 bits per heavy atom. The van der Waals surface area contributed by atoms with Gasteiger partial charge in [0, 0.05) is 42.1 Å². The summed E-state index contributed by atoms with van der Waals surface area (Å²) in [7, 11) is 0. The van der Waals surface area contributed by atoms with Crippen LogP contribution in [0.2, 0.25) is 0 Å². The van der Waals surface area contributed by atoms with Gasteiger partial charge in [-0.1, -0.05) is 18.2 Å². The number of aliphatic imine (C=N–C) groups is 1. The van der Waals surface area contributed by atoms with Crippen LogP contribution in [0.25, 0.3) is 0 Å². The van der Waals surface area contributed by atoms with E-state index in [-0.39, 0.29) is 49.1 Å². The summed E-state index contributed by atoms with van der Waals surface area (Å²) >= 11 is 0. The Balaban J connectivity index is 1.33. The van der Waals surface area contributed by atoms with Crippen LogP contribution >= 0.6 is 0 Å². The van der Waals surface area contributed by atoms with Gasteiger partial charge in [0.25, 0.3) is 5.91 Å². The topological polar surface area (TPSA) is 181 Å². The van der Waals surface area contributed by atoms with Crippen LogP contribution in [0.15, 0.2) is 53.5 Å². The van der Waals surface area contributed by atoms with Crippen LogP contribution in [0, 0.1) is 11.3 Å². The van der Waals surface area contributed by atoms with Gasteiger partial charge in [-0.2, -0.15) is 0 Å². The van der Waals surface area contributed by atoms with Crippen LogP contribution in [-0.4, -0.2) is 54.3 Å². The van der Waals surface area contributed by atoms with Gasteiger partial charge in [-0.15, -0.1) is 0 Å². The van der Waals surface area contributed by atoms with E-state index in [1.807, 2.05) is 0 Å². The molecule has 2 aliphatic rings. The number of benzene rings is 2. The molecular weight excluding hydrogens is 500 g/mol. The average Bonchev–Trinajstić information content (AvgIpc) is 3.46. The molecule has 0 spiro atoms. The first kappa shape index (κ1) is 27.6. The second-order valence-electron chi connectivity index (χ2n) is 9.53. The Labute approximate surface area is 226 Å². The molecule has 2 unspecified atom stereocenters. The van der Waals surface area contributed by atoms with Crippen LogP contribution in [0.5, 0.6) is 0 Å². The van der Waals surface area contributed by atoms with Crippen LogP contribution in [0.3, 0.4) is 0 Å². The first-order chi connectivity index (χ1) is 18.7. The normalized spacial score (nSPS) is 18.8. The maximum atomic E-state index is 13.0. The number of rotatable bonds is 11. The summed E-state index contributed by atoms with van der Waals surface area (Å²) in [5, 5.41) is 10.1. The number of hydrogen-bond donors (Lipinski definition) is 4. The van der Waals surface area contributed by atoms with Crippen molar-refractivity contribution in [1.29, 1.82) is 5.41 Å². The van der Waals surface area contributed by atoms with E-state index in [0.29, 0.717) is 29.9 Å². The van der Waals surface area contributed by atoms with Gasteiger partial charge in [-0.3, -0.25) is 19.8 Å². The van der Waals surface area contributed by atoms with E-state index >= 15 is 0 Å². The molecule has 0 radical (unpaired) electrons. The van der Waals surface area contributed by atoms with Gasteiger partial charge in [0.05, 0.1) is 18.3 Å². The Morgan fingerprint density at radius 1 is 1.18 bits per heavy atom. The fourth-order valence-electron chi connectivity index (χ4n) is 4.80. The van der Waals surface area contributed by atoms with Crippen molar-refractivity contribution in [2.24, 2.45) is 22.4 Å². The Hall–Kier alpha value is -4.38. The quantitative estimate of drug-likeness (QED) is 0.194. The maximum Gasteiger partial charge on any atom is 0.328 e. The van der Waals surface area contributed by atoms with Crippen molar-refractivity contribution in [2.75, 3.05) is 18.1 Å². The van der Waals surface area contributed by atoms with E-state index in [9.17, 15) is 19.2 Å². The summed E-state index contributed by atoms with van der Waals surface area (Å²) in [6, 6.07) is 12.2. The SMILES string of the molecule is CCOC(=O)[C@H](CCC(=O)CC1CCN(c2ccc(C(=N)N)cc2)C1=O)NC(=O)C1=Nc2ccccc2C1N. The number of amidine groups is 1. The second-order valence-corrected chi connectivity index (χ2v) is 9.53. The number of carbonyl (C=O) groups is 4. The molecule has 0 saturated carbocycles. The molecule has 4 rings (SSSR count). The largest absolute Gasteiger partial charge is 0.464 e. The molecule has 11 nitrogen and oxygen atoms in total. The molecule has 204 valence electrons. The van der Waals surface area contributed by atoms with Crippen molar-refractivity contribution in [3.8, 4) is 0 Å². The molecule has 6 N–H and O–H groups in total. The zero-order valence-corrected chi connectivity index (χ0v) is 21.7. The number of ether oxygens (including phenoxy) is 1. The Bertz CT molecular complexity index is 1320. The fraction of sp³-hybridized carbons (Fsp3) is 0.357. The number of hydrogen-bond acceptors (Lipinski definition) is 8. The van der Waals surface area contributed by atoms with Gasteiger partial charge in [0.1, 0.15) is 23.4 Å². The first-order valence-electron chi connectivity index (χ1n) is 12.9. The molecule has 11 heteroatoms. The lowest BCUT2D eigenvalue weighted by molar-refractivity contribution is -0.147. The van der Waals surface area contributed by atoms with Crippen molar-refractivity contribution in [3.63, 3.8) is 0 Å². The number of nitrogens with one attached hydrogen (secondary N) is 2. The number of anilines is 1. The number of esters is 1. The van der Waals surface area contributed by atoms with Gasteiger partial charge in [-0.25, -0.2) is 9.79 Å². The van der Waals surface area contributed by atoms with Crippen LogP contribution in [-0.2, 0) is 23.9 Å². The number of amides is 2. The van der Waals surface area contributed by atoms with E-state index in [0.717, 1.165) is 5.56 Å². The predicted octanol–water partition coefficient (Wildman–Crippen LogP) is 1.90. The number of carbonyl (C=O) groups excluding carboxylic acids is 4. The number of nitrogens with two attached hydrogens (primary N) is 2. The Kier molecular flexibility index (Phi) is 8.50. The van der Waals surface area contributed by atoms with Gasteiger partial charge in [0.2, 0.25) is 5.91 Å². The van der Waals surface area contributed by atoms with E-state index in [4.69, 9.17) is 21.6 Å². The summed E-state index contributed by atoms with van der Waals surface area (Å²) in [5.74, 6) is -2.11. The standard InChI is InChI=1S/C28H32N6O5/c1-2-39-28(38)22(33-26(36)24-23(29)20-5-3-4-6-21(20)32-24)12-11-19(35)15-17-13-14-34(27(17)37)18-9-7-16(8-10-18)25(30)31/h3-10,17,22-23H,2,11-15,29H2,1H3,(H3,30,31)(H,33,36)/t17?,22-,23?/m0/s1. The van der Waals surface area contributed by atoms with Crippen molar-refractivity contribution in [3.05, 3.63) is 59.7 Å². The number of para-hydroxylation sites is 1. The molecule has 2 aromatic rings. The summed E-state index contributed by atoms with van der Waals surface area (Å²) in [4.78, 5) is 57.2. The molecule has 0 aromatic heterocycles. The van der Waals surface area contributed by atoms with E-state index in [1.165, 1.54) is 0 Å². The molecule has 1 fully saturated rings. The number of fused-ring (bicyclic) bond motifs is 1. The van der Waals surface area contributed by atoms with Crippen LogP contribution < -0.4 is 21.7 Å². The number of nitrogens with zero attached hydrogens (tertiary/aromatic N) is 2. The summed E-state index contributed by atoms with van der Waals surface area (Å²) in [6.07, 6.45) is 0.572. The van der Waals surface area contributed by atoms with Crippen molar-refractivity contribution in [1.82, 2.24) is 5.32 Å². The molecule has 2 amide bonds. The van der Waals surface area contributed by atoms with E-state index < -0.39 is 29.9 Å². The van der Waals surface area contributed by atoms with Crippen molar-refractivity contribution < 1.29 is 23.9 Å². The third-order valence-electron chi connectivity index (χ3n) is 6.91. The third kappa shape index (κ3) is 6.20. The lowest BCUT2D eigenvalue weighted by atomic mass is 9.97. The maximum absolute atomic E-state index is 13.0. The highest BCUT2D eigenvalue weighted by atomic mass is 16.5. The van der Waals surface area contributed by atoms with E-state index in [2.05, 4.69) is 10.3 Å². The van der Waals surface area contributed by atoms with Gasteiger partial charge in [0.15, 0.2) is 0 Å². The minimum Gasteiger partial charge on any atom is -0.464 e. The molecular formula is C28H32N6O5. The highest BCUT2D eigenvalue weighted by molar-refractivity contribution is 6.42.